The Bertz CT molecular complexity index is 739. The van der Waals surface area contributed by atoms with Gasteiger partial charge in [-0.3, -0.25) is 10.1 Å². The van der Waals surface area contributed by atoms with Gasteiger partial charge in [0.05, 0.1) is 24.6 Å². The molecule has 7 nitrogen and oxygen atoms in total. The average Bonchev–Trinajstić information content (AvgIpc) is 2.66. The Balaban J connectivity index is 1.65. The summed E-state index contributed by atoms with van der Waals surface area (Å²) >= 11 is 0. The van der Waals surface area contributed by atoms with Crippen LogP contribution in [0.2, 0.25) is 0 Å². The quantitative estimate of drug-likeness (QED) is 0.449. The summed E-state index contributed by atoms with van der Waals surface area (Å²) in [4.78, 5) is 13.3. The monoisotopic (exact) mass is 357 g/mol. The first kappa shape index (κ1) is 18.0. The highest BCUT2D eigenvalue weighted by atomic mass is 16.6. The third-order valence-corrected chi connectivity index (χ3v) is 4.45. The van der Waals surface area contributed by atoms with Crippen molar-refractivity contribution < 1.29 is 15.0 Å². The molecule has 0 amide bonds. The molecule has 1 heterocycles. The lowest BCUT2D eigenvalue weighted by Crippen LogP contribution is -2.94. The van der Waals surface area contributed by atoms with Crippen LogP contribution in [0.25, 0.3) is 0 Å². The summed E-state index contributed by atoms with van der Waals surface area (Å²) in [6.07, 6.45) is 0. The molecule has 0 bridgehead atoms. The van der Waals surface area contributed by atoms with Gasteiger partial charge in [0.1, 0.15) is 24.1 Å². The first-order valence-electron chi connectivity index (χ1n) is 8.92. The van der Waals surface area contributed by atoms with E-state index in [0.717, 1.165) is 31.1 Å². The number of quaternary nitrogens is 1. The molecule has 0 aliphatic carbocycles. The highest BCUT2D eigenvalue weighted by Gasteiger charge is 2.21. The van der Waals surface area contributed by atoms with Crippen molar-refractivity contribution in [3.05, 3.63) is 58.6 Å². The number of para-hydroxylation sites is 1. The summed E-state index contributed by atoms with van der Waals surface area (Å²) in [5, 5.41) is 16.8. The summed E-state index contributed by atoms with van der Waals surface area (Å²) in [6, 6.07) is 15.3. The lowest BCUT2D eigenvalue weighted by Gasteiger charge is -2.31. The van der Waals surface area contributed by atoms with Gasteiger partial charge < -0.3 is 20.3 Å². The molecule has 0 aromatic heterocycles. The number of hydrogen-bond acceptors (Lipinski definition) is 5. The summed E-state index contributed by atoms with van der Waals surface area (Å²) in [5.74, 6) is 0.788. The fraction of sp³-hybridized carbons (Fsp3) is 0.368. The van der Waals surface area contributed by atoms with E-state index < -0.39 is 0 Å². The number of ether oxygens (including phenoxy) is 1. The van der Waals surface area contributed by atoms with Gasteiger partial charge in [0.15, 0.2) is 0 Å². The molecule has 1 fully saturated rings. The second-order valence-corrected chi connectivity index (χ2v) is 6.49. The lowest BCUT2D eigenvalue weighted by atomic mass is 10.1. The van der Waals surface area contributed by atoms with Crippen LogP contribution in [0.4, 0.5) is 17.1 Å². The maximum Gasteiger partial charge on any atom is 0.292 e. The van der Waals surface area contributed by atoms with E-state index in [0.29, 0.717) is 24.9 Å². The number of nitro benzene ring substituents is 1. The zero-order valence-corrected chi connectivity index (χ0v) is 14.9. The van der Waals surface area contributed by atoms with Crippen LogP contribution in [-0.4, -0.2) is 43.8 Å². The SMILES string of the molecule is C[C@@H]1CN(c2ccc([N+](=O)[O-])c(NCCOc3ccccc3)c2)CC[NH2+]1. The number of anilines is 2. The van der Waals surface area contributed by atoms with Crippen molar-refractivity contribution in [2.24, 2.45) is 0 Å². The van der Waals surface area contributed by atoms with E-state index in [9.17, 15) is 10.1 Å². The molecule has 1 atom stereocenters. The van der Waals surface area contributed by atoms with Crippen molar-refractivity contribution in [3.8, 4) is 5.75 Å². The molecule has 1 aliphatic heterocycles. The predicted molar refractivity (Wildman–Crippen MR) is 102 cm³/mol. The first-order valence-corrected chi connectivity index (χ1v) is 8.92. The van der Waals surface area contributed by atoms with Gasteiger partial charge in [-0.15, -0.1) is 0 Å². The lowest BCUT2D eigenvalue weighted by molar-refractivity contribution is -0.687. The Morgan fingerprint density at radius 3 is 2.85 bits per heavy atom. The predicted octanol–water partition coefficient (Wildman–Crippen LogP) is 1.86. The Kier molecular flexibility index (Phi) is 5.91. The van der Waals surface area contributed by atoms with E-state index in [1.807, 2.05) is 42.5 Å². The maximum atomic E-state index is 11.3. The Morgan fingerprint density at radius 2 is 2.12 bits per heavy atom. The minimum absolute atomic E-state index is 0.0880. The van der Waals surface area contributed by atoms with Gasteiger partial charge in [0, 0.05) is 18.3 Å². The third-order valence-electron chi connectivity index (χ3n) is 4.45. The molecular weight excluding hydrogens is 332 g/mol. The van der Waals surface area contributed by atoms with Crippen molar-refractivity contribution >= 4 is 17.1 Å². The molecule has 3 N–H and O–H groups in total. The van der Waals surface area contributed by atoms with E-state index in [1.165, 1.54) is 0 Å². The topological polar surface area (TPSA) is 84.2 Å². The largest absolute Gasteiger partial charge is 0.492 e. The molecule has 7 heteroatoms. The number of nitrogens with two attached hydrogens (primary N) is 1. The zero-order chi connectivity index (χ0) is 18.4. The third kappa shape index (κ3) is 4.64. The van der Waals surface area contributed by atoms with E-state index >= 15 is 0 Å². The molecule has 0 saturated carbocycles. The van der Waals surface area contributed by atoms with Gasteiger partial charge >= 0.3 is 0 Å². The number of nitro groups is 1. The van der Waals surface area contributed by atoms with Crippen molar-refractivity contribution in [2.45, 2.75) is 13.0 Å². The van der Waals surface area contributed by atoms with E-state index in [4.69, 9.17) is 4.74 Å². The highest BCUT2D eigenvalue weighted by molar-refractivity contribution is 5.69. The van der Waals surface area contributed by atoms with E-state index in [1.54, 1.807) is 6.07 Å². The van der Waals surface area contributed by atoms with E-state index in [2.05, 4.69) is 22.5 Å². The van der Waals surface area contributed by atoms with Crippen LogP contribution in [0.3, 0.4) is 0 Å². The molecule has 3 rings (SSSR count). The fourth-order valence-corrected chi connectivity index (χ4v) is 3.16. The molecule has 1 saturated heterocycles. The van der Waals surface area contributed by atoms with Crippen LogP contribution in [0.5, 0.6) is 5.75 Å². The van der Waals surface area contributed by atoms with Gasteiger partial charge in [-0.1, -0.05) is 18.2 Å². The summed E-state index contributed by atoms with van der Waals surface area (Å²) in [7, 11) is 0. The number of benzene rings is 2. The summed E-state index contributed by atoms with van der Waals surface area (Å²) < 4.78 is 5.64. The smallest absolute Gasteiger partial charge is 0.292 e. The Hall–Kier alpha value is -2.80. The number of nitrogens with zero attached hydrogens (tertiary/aromatic N) is 2. The minimum Gasteiger partial charge on any atom is -0.492 e. The average molecular weight is 357 g/mol. The second kappa shape index (κ2) is 8.53. The molecule has 138 valence electrons. The van der Waals surface area contributed by atoms with Gasteiger partial charge in [-0.2, -0.15) is 0 Å². The highest BCUT2D eigenvalue weighted by Crippen LogP contribution is 2.29. The van der Waals surface area contributed by atoms with Crippen LogP contribution >= 0.6 is 0 Å². The molecule has 2 aromatic carbocycles. The zero-order valence-electron chi connectivity index (χ0n) is 14.9. The van der Waals surface area contributed by atoms with Gasteiger partial charge in [0.25, 0.3) is 5.69 Å². The molecule has 1 aliphatic rings. The normalized spacial score (nSPS) is 17.0. The maximum absolute atomic E-state index is 11.3. The number of hydrogen-bond donors (Lipinski definition) is 2. The standard InChI is InChI=1S/C19H24N4O3/c1-15-14-22(11-9-20-15)16-7-8-19(23(24)25)18(13-16)21-10-12-26-17-5-3-2-4-6-17/h2-8,13,15,20-21H,9-12,14H2,1H3/p+1/t15-/m1/s1. The van der Waals surface area contributed by atoms with Crippen molar-refractivity contribution in [1.29, 1.82) is 0 Å². The number of rotatable bonds is 7. The van der Waals surface area contributed by atoms with Gasteiger partial charge in [0.2, 0.25) is 0 Å². The molecule has 2 aromatic rings. The fourth-order valence-electron chi connectivity index (χ4n) is 3.16. The molecule has 26 heavy (non-hydrogen) atoms. The Morgan fingerprint density at radius 1 is 1.31 bits per heavy atom. The number of piperazine rings is 1. The summed E-state index contributed by atoms with van der Waals surface area (Å²) in [5.41, 5.74) is 1.64. The molecule has 0 spiro atoms. The van der Waals surface area contributed by atoms with Gasteiger partial charge in [-0.25, -0.2) is 0 Å². The molecule has 0 radical (unpaired) electrons. The Labute approximate surface area is 153 Å². The van der Waals surface area contributed by atoms with Crippen LogP contribution < -0.4 is 20.3 Å². The van der Waals surface area contributed by atoms with Crippen molar-refractivity contribution in [1.82, 2.24) is 0 Å². The van der Waals surface area contributed by atoms with Crippen LogP contribution in [-0.2, 0) is 0 Å². The van der Waals surface area contributed by atoms with Crippen molar-refractivity contribution in [3.63, 3.8) is 0 Å². The van der Waals surface area contributed by atoms with Crippen LogP contribution in [0.15, 0.2) is 48.5 Å². The minimum atomic E-state index is -0.350. The summed E-state index contributed by atoms with van der Waals surface area (Å²) in [6.45, 7) is 6.03. The van der Waals surface area contributed by atoms with Crippen LogP contribution in [0, 0.1) is 10.1 Å². The first-order chi connectivity index (χ1) is 12.6. The number of nitrogens with one attached hydrogen (secondary N) is 1. The van der Waals surface area contributed by atoms with Crippen molar-refractivity contribution in [2.75, 3.05) is 43.0 Å². The van der Waals surface area contributed by atoms with Gasteiger partial charge in [-0.05, 0) is 31.2 Å². The second-order valence-electron chi connectivity index (χ2n) is 6.49. The van der Waals surface area contributed by atoms with E-state index in [-0.39, 0.29) is 10.6 Å². The van der Waals surface area contributed by atoms with Crippen LogP contribution in [0.1, 0.15) is 6.92 Å². The molecular formula is C19H25N4O3+. The molecule has 0 unspecified atom stereocenters.